The van der Waals surface area contributed by atoms with Crippen molar-refractivity contribution < 1.29 is 17.9 Å². The highest BCUT2D eigenvalue weighted by Gasteiger charge is 2.27. The summed E-state index contributed by atoms with van der Waals surface area (Å²) in [5.74, 6) is 1.41. The van der Waals surface area contributed by atoms with Gasteiger partial charge >= 0.3 is 6.18 Å². The molecule has 156 valence electrons. The molecule has 2 N–H and O–H groups in total. The van der Waals surface area contributed by atoms with Crippen molar-refractivity contribution in [1.82, 2.24) is 20.2 Å². The Morgan fingerprint density at radius 3 is 2.64 bits per heavy atom. The van der Waals surface area contributed by atoms with Crippen LogP contribution in [0, 0.1) is 0 Å². The summed E-state index contributed by atoms with van der Waals surface area (Å²) in [5, 5.41) is 3.10. The molecule has 0 aliphatic carbocycles. The van der Waals surface area contributed by atoms with E-state index in [1.54, 1.807) is 13.2 Å². The lowest BCUT2D eigenvalue weighted by Gasteiger charge is -2.21. The Morgan fingerprint density at radius 2 is 2.00 bits per heavy atom. The van der Waals surface area contributed by atoms with Gasteiger partial charge in [-0.3, -0.25) is 4.99 Å². The van der Waals surface area contributed by atoms with E-state index < -0.39 is 12.8 Å². The summed E-state index contributed by atoms with van der Waals surface area (Å²) in [5.41, 5.74) is 1.99. The molecule has 0 amide bonds. The first-order chi connectivity index (χ1) is 12.9. The van der Waals surface area contributed by atoms with Gasteiger partial charge in [-0.25, -0.2) is 4.98 Å². The van der Waals surface area contributed by atoms with Crippen LogP contribution < -0.4 is 5.32 Å². The molecule has 1 aromatic carbocycles. The molecule has 0 aliphatic rings. The Morgan fingerprint density at radius 1 is 1.29 bits per heavy atom. The third kappa shape index (κ3) is 8.46. The van der Waals surface area contributed by atoms with Gasteiger partial charge in [0.2, 0.25) is 0 Å². The van der Waals surface area contributed by atoms with Crippen LogP contribution in [-0.2, 0) is 11.3 Å². The van der Waals surface area contributed by atoms with E-state index in [0.717, 1.165) is 17.1 Å². The van der Waals surface area contributed by atoms with Crippen molar-refractivity contribution in [3.05, 3.63) is 42.4 Å². The summed E-state index contributed by atoms with van der Waals surface area (Å²) in [6, 6.07) is 9.89. The number of alkyl halides is 3. The molecule has 0 saturated heterocycles. The summed E-state index contributed by atoms with van der Waals surface area (Å²) in [6.45, 7) is -0.213. The van der Waals surface area contributed by atoms with E-state index in [0.29, 0.717) is 25.5 Å². The second-order valence-electron chi connectivity index (χ2n) is 5.96. The van der Waals surface area contributed by atoms with Gasteiger partial charge in [0, 0.05) is 27.2 Å². The molecular weight excluding hydrogens is 486 g/mol. The van der Waals surface area contributed by atoms with Crippen molar-refractivity contribution in [2.75, 3.05) is 33.9 Å². The molecule has 1 aromatic heterocycles. The Balaban J connectivity index is 0.00000392. The standard InChI is InChI=1S/C18H24F3N5O.HI/c1-22-17(23-9-6-10-27-13-18(19,20)21)26(2)12-16-24-11-15(25-16)14-7-4-3-5-8-14;/h3-5,7-8,11H,6,9-10,12-13H2,1-2H3,(H,22,23)(H,24,25);1H. The third-order valence-corrected chi connectivity index (χ3v) is 3.69. The van der Waals surface area contributed by atoms with Crippen LogP contribution in [0.5, 0.6) is 0 Å². The maximum Gasteiger partial charge on any atom is 0.411 e. The Bertz CT molecular complexity index is 722. The van der Waals surface area contributed by atoms with Gasteiger partial charge in [0.25, 0.3) is 0 Å². The molecule has 0 aliphatic heterocycles. The van der Waals surface area contributed by atoms with E-state index in [-0.39, 0.29) is 30.6 Å². The molecule has 6 nitrogen and oxygen atoms in total. The lowest BCUT2D eigenvalue weighted by atomic mass is 10.2. The number of imidazole rings is 1. The maximum absolute atomic E-state index is 12.0. The van der Waals surface area contributed by atoms with Crippen LogP contribution in [-0.4, -0.2) is 60.9 Å². The Kier molecular flexibility index (Phi) is 10.3. The lowest BCUT2D eigenvalue weighted by molar-refractivity contribution is -0.173. The highest BCUT2D eigenvalue weighted by Crippen LogP contribution is 2.16. The topological polar surface area (TPSA) is 65.5 Å². The highest BCUT2D eigenvalue weighted by atomic mass is 127. The van der Waals surface area contributed by atoms with Crippen LogP contribution in [0.2, 0.25) is 0 Å². The quantitative estimate of drug-likeness (QED) is 0.246. The number of benzene rings is 1. The fourth-order valence-corrected chi connectivity index (χ4v) is 2.45. The molecule has 0 unspecified atom stereocenters. The molecule has 0 fully saturated rings. The van der Waals surface area contributed by atoms with Crippen LogP contribution >= 0.6 is 24.0 Å². The number of hydrogen-bond donors (Lipinski definition) is 2. The summed E-state index contributed by atoms with van der Waals surface area (Å²) >= 11 is 0. The van der Waals surface area contributed by atoms with Gasteiger partial charge in [-0.05, 0) is 12.0 Å². The summed E-state index contributed by atoms with van der Waals surface area (Å²) in [4.78, 5) is 13.7. The van der Waals surface area contributed by atoms with Crippen molar-refractivity contribution in [2.45, 2.75) is 19.1 Å². The van der Waals surface area contributed by atoms with E-state index >= 15 is 0 Å². The fourth-order valence-electron chi connectivity index (χ4n) is 2.45. The number of hydrogen-bond acceptors (Lipinski definition) is 3. The first-order valence-electron chi connectivity index (χ1n) is 8.54. The van der Waals surface area contributed by atoms with Crippen molar-refractivity contribution in [1.29, 1.82) is 0 Å². The minimum absolute atomic E-state index is 0. The van der Waals surface area contributed by atoms with Crippen molar-refractivity contribution in [2.24, 2.45) is 4.99 Å². The molecule has 0 spiro atoms. The number of H-pyrrole nitrogens is 1. The van der Waals surface area contributed by atoms with Crippen LogP contribution in [0.4, 0.5) is 13.2 Å². The number of halogens is 4. The number of aromatic nitrogens is 2. The number of guanidine groups is 1. The van der Waals surface area contributed by atoms with Gasteiger partial charge < -0.3 is 19.9 Å². The molecule has 2 rings (SSSR count). The van der Waals surface area contributed by atoms with Crippen LogP contribution in [0.25, 0.3) is 11.3 Å². The zero-order valence-electron chi connectivity index (χ0n) is 15.8. The monoisotopic (exact) mass is 511 g/mol. The van der Waals surface area contributed by atoms with Crippen LogP contribution in [0.3, 0.4) is 0 Å². The van der Waals surface area contributed by atoms with Gasteiger partial charge in [-0.15, -0.1) is 24.0 Å². The fraction of sp³-hybridized carbons (Fsp3) is 0.444. The second kappa shape index (κ2) is 11.9. The lowest BCUT2D eigenvalue weighted by Crippen LogP contribution is -2.39. The largest absolute Gasteiger partial charge is 0.411 e. The van der Waals surface area contributed by atoms with E-state index in [4.69, 9.17) is 0 Å². The molecule has 0 bridgehead atoms. The van der Waals surface area contributed by atoms with E-state index in [1.807, 2.05) is 42.3 Å². The minimum atomic E-state index is -4.29. The predicted molar refractivity (Wildman–Crippen MR) is 114 cm³/mol. The van der Waals surface area contributed by atoms with Gasteiger partial charge in [0.05, 0.1) is 18.4 Å². The van der Waals surface area contributed by atoms with Crippen LogP contribution in [0.1, 0.15) is 12.2 Å². The molecule has 1 heterocycles. The summed E-state index contributed by atoms with van der Waals surface area (Å²) < 4.78 is 40.6. The number of aliphatic imine (C=N–C) groups is 1. The number of aromatic amines is 1. The van der Waals surface area contributed by atoms with Crippen molar-refractivity contribution >= 4 is 29.9 Å². The average molecular weight is 511 g/mol. The summed E-state index contributed by atoms with van der Waals surface area (Å²) in [6.07, 6.45) is -2.06. The third-order valence-electron chi connectivity index (χ3n) is 3.69. The molecule has 0 atom stereocenters. The number of ether oxygens (including phenoxy) is 1. The van der Waals surface area contributed by atoms with Gasteiger partial charge in [-0.1, -0.05) is 30.3 Å². The molecular formula is C18H25F3IN5O. The van der Waals surface area contributed by atoms with Gasteiger partial charge in [0.15, 0.2) is 5.96 Å². The maximum atomic E-state index is 12.0. The van der Waals surface area contributed by atoms with Gasteiger partial charge in [0.1, 0.15) is 12.4 Å². The number of nitrogens with zero attached hydrogens (tertiary/aromatic N) is 3. The van der Waals surface area contributed by atoms with Crippen molar-refractivity contribution in [3.63, 3.8) is 0 Å². The SMILES string of the molecule is CN=C(NCCCOCC(F)(F)F)N(C)Cc1ncc(-c2ccccc2)[nH]1.I. The molecule has 0 radical (unpaired) electrons. The minimum Gasteiger partial charge on any atom is -0.372 e. The van der Waals surface area contributed by atoms with Crippen LogP contribution in [0.15, 0.2) is 41.5 Å². The van der Waals surface area contributed by atoms with Gasteiger partial charge in [-0.2, -0.15) is 13.2 Å². The number of nitrogens with one attached hydrogen (secondary N) is 2. The normalized spacial score (nSPS) is 11.8. The molecule has 10 heteroatoms. The molecule has 2 aromatic rings. The zero-order valence-corrected chi connectivity index (χ0v) is 18.1. The summed E-state index contributed by atoms with van der Waals surface area (Å²) in [7, 11) is 3.51. The highest BCUT2D eigenvalue weighted by molar-refractivity contribution is 14.0. The smallest absolute Gasteiger partial charge is 0.372 e. The first-order valence-corrected chi connectivity index (χ1v) is 8.54. The van der Waals surface area contributed by atoms with E-state index in [2.05, 4.69) is 25.0 Å². The molecule has 28 heavy (non-hydrogen) atoms. The average Bonchev–Trinajstić information content (AvgIpc) is 3.09. The zero-order chi connectivity index (χ0) is 19.7. The first kappa shape index (κ1) is 24.2. The Labute approximate surface area is 179 Å². The number of rotatable bonds is 8. The van der Waals surface area contributed by atoms with E-state index in [1.165, 1.54) is 0 Å². The second-order valence-corrected chi connectivity index (χ2v) is 5.96. The van der Waals surface area contributed by atoms with E-state index in [9.17, 15) is 13.2 Å². The van der Waals surface area contributed by atoms with Crippen molar-refractivity contribution in [3.8, 4) is 11.3 Å². The Hall–Kier alpha value is -1.82. The predicted octanol–water partition coefficient (Wildman–Crippen LogP) is 3.67. The molecule has 0 saturated carbocycles.